The van der Waals surface area contributed by atoms with Crippen LogP contribution in [-0.4, -0.2) is 5.11 Å². The van der Waals surface area contributed by atoms with E-state index in [1.165, 1.54) is 0 Å². The molecule has 0 aromatic heterocycles. The van der Waals surface area contributed by atoms with Crippen LogP contribution in [0.3, 0.4) is 0 Å². The smallest absolute Gasteiger partial charge is 0.119 e. The topological polar surface area (TPSA) is 20.2 Å². The van der Waals surface area contributed by atoms with Crippen molar-refractivity contribution < 1.29 is 5.11 Å². The molecule has 0 amide bonds. The van der Waals surface area contributed by atoms with E-state index >= 15 is 0 Å². The van der Waals surface area contributed by atoms with Crippen LogP contribution in [0.4, 0.5) is 0 Å². The van der Waals surface area contributed by atoms with Crippen LogP contribution < -0.4 is 0 Å². The van der Waals surface area contributed by atoms with Crippen LogP contribution in [0.2, 0.25) is 0 Å². The van der Waals surface area contributed by atoms with E-state index in [2.05, 4.69) is 0 Å². The number of hydrogen-bond acceptors (Lipinski definition) is 1. The Morgan fingerprint density at radius 2 is 2.00 bits per heavy atom. The van der Waals surface area contributed by atoms with Crippen molar-refractivity contribution in [3.05, 3.63) is 29.8 Å². The van der Waals surface area contributed by atoms with Crippen LogP contribution >= 0.6 is 11.6 Å². The second-order valence-electron chi connectivity index (χ2n) is 1.76. The summed E-state index contributed by atoms with van der Waals surface area (Å²) in [7, 11) is 0. The highest BCUT2D eigenvalue weighted by molar-refractivity contribution is 6.17. The number of aromatic hydroxyl groups is 1. The molecule has 0 saturated heterocycles. The van der Waals surface area contributed by atoms with Gasteiger partial charge in [0, 0.05) is 5.56 Å². The van der Waals surface area contributed by atoms with Crippen LogP contribution in [-0.2, 0) is 5.88 Å². The molecular formula is C7H7ClO. The van der Waals surface area contributed by atoms with Crippen molar-refractivity contribution in [3.63, 3.8) is 0 Å². The lowest BCUT2D eigenvalue weighted by molar-refractivity contribution is 0.470. The Morgan fingerprint density at radius 3 is 2.44 bits per heavy atom. The third-order valence-electron chi connectivity index (χ3n) is 1.14. The third kappa shape index (κ3) is 1.36. The molecule has 1 N–H and O–H groups in total. The molecule has 0 bridgehead atoms. The molecule has 9 heavy (non-hydrogen) atoms. The fourth-order valence-electron chi connectivity index (χ4n) is 0.624. The Labute approximate surface area is 58.9 Å². The molecule has 1 nitrogen and oxygen atoms in total. The van der Waals surface area contributed by atoms with Crippen LogP contribution in [0.1, 0.15) is 5.56 Å². The van der Waals surface area contributed by atoms with E-state index in [9.17, 15) is 0 Å². The summed E-state index contributed by atoms with van der Waals surface area (Å²) in [6.07, 6.45) is 0. The fraction of sp³-hybridized carbons (Fsp3) is 0.143. The highest BCUT2D eigenvalue weighted by Crippen LogP contribution is 2.16. The fourth-order valence-corrected chi connectivity index (χ4v) is 0.850. The zero-order valence-corrected chi connectivity index (χ0v) is 5.60. The van der Waals surface area contributed by atoms with E-state index in [-0.39, 0.29) is 5.75 Å². The number of phenols is 1. The van der Waals surface area contributed by atoms with Gasteiger partial charge in [0.1, 0.15) is 5.75 Å². The monoisotopic (exact) mass is 142 g/mol. The third-order valence-corrected chi connectivity index (χ3v) is 1.42. The molecule has 0 atom stereocenters. The van der Waals surface area contributed by atoms with Crippen LogP contribution in [0.5, 0.6) is 5.75 Å². The van der Waals surface area contributed by atoms with Gasteiger partial charge in [0.2, 0.25) is 0 Å². The van der Waals surface area contributed by atoms with Gasteiger partial charge in [-0.3, -0.25) is 0 Å². The van der Waals surface area contributed by atoms with Crippen molar-refractivity contribution in [1.82, 2.24) is 0 Å². The zero-order valence-electron chi connectivity index (χ0n) is 4.84. The summed E-state index contributed by atoms with van der Waals surface area (Å²) >= 11 is 5.47. The summed E-state index contributed by atoms with van der Waals surface area (Å²) in [4.78, 5) is 0. The van der Waals surface area contributed by atoms with Gasteiger partial charge in [-0.2, -0.15) is 0 Å². The minimum absolute atomic E-state index is 0.271. The molecule has 1 aromatic carbocycles. The molecule has 0 unspecified atom stereocenters. The van der Waals surface area contributed by atoms with Crippen molar-refractivity contribution in [2.24, 2.45) is 0 Å². The van der Waals surface area contributed by atoms with Crippen LogP contribution in [0, 0.1) is 0 Å². The number of benzene rings is 1. The molecule has 1 aromatic rings. The molecule has 0 fully saturated rings. The Morgan fingerprint density at radius 1 is 1.33 bits per heavy atom. The average Bonchev–Trinajstić information content (AvgIpc) is 1.89. The molecule has 0 heterocycles. The van der Waals surface area contributed by atoms with E-state index in [1.807, 2.05) is 6.07 Å². The Hall–Kier alpha value is -0.690. The Balaban J connectivity index is 3.01. The normalized spacial score (nSPS) is 9.44. The van der Waals surface area contributed by atoms with Gasteiger partial charge in [-0.25, -0.2) is 0 Å². The quantitative estimate of drug-likeness (QED) is 0.596. The first kappa shape index (κ1) is 6.43. The van der Waals surface area contributed by atoms with Crippen molar-refractivity contribution in [2.75, 3.05) is 0 Å². The standard InChI is InChI=1S/C7H7ClO/c8-5-6-3-1-2-4-7(6)9/h1-4,9H,5H2. The average molecular weight is 143 g/mol. The summed E-state index contributed by atoms with van der Waals surface area (Å²) in [5.74, 6) is 0.639. The predicted octanol–water partition coefficient (Wildman–Crippen LogP) is 2.13. The lowest BCUT2D eigenvalue weighted by Gasteiger charge is -1.95. The molecule has 48 valence electrons. The van der Waals surface area contributed by atoms with E-state index in [0.717, 1.165) is 5.56 Å². The number of phenolic OH excluding ortho intramolecular Hbond substituents is 1. The summed E-state index contributed by atoms with van der Waals surface area (Å²) < 4.78 is 0. The van der Waals surface area contributed by atoms with Crippen LogP contribution in [0.25, 0.3) is 0 Å². The van der Waals surface area contributed by atoms with Gasteiger partial charge < -0.3 is 5.11 Å². The lowest BCUT2D eigenvalue weighted by Crippen LogP contribution is -1.75. The number of para-hydroxylation sites is 1. The van der Waals surface area contributed by atoms with Crippen LogP contribution in [0.15, 0.2) is 24.3 Å². The maximum Gasteiger partial charge on any atom is 0.119 e. The Kier molecular flexibility index (Phi) is 1.96. The molecule has 1 rings (SSSR count). The van der Waals surface area contributed by atoms with E-state index in [0.29, 0.717) is 5.88 Å². The predicted molar refractivity (Wildman–Crippen MR) is 37.7 cm³/mol. The minimum atomic E-state index is 0.271. The summed E-state index contributed by atoms with van der Waals surface area (Å²) in [5.41, 5.74) is 0.777. The maximum atomic E-state index is 9.03. The van der Waals surface area contributed by atoms with Crippen molar-refractivity contribution >= 4 is 11.6 Å². The second-order valence-corrected chi connectivity index (χ2v) is 2.03. The Bertz CT molecular complexity index is 198. The zero-order chi connectivity index (χ0) is 6.69. The van der Waals surface area contributed by atoms with Gasteiger partial charge in [-0.15, -0.1) is 11.6 Å². The summed E-state index contributed by atoms with van der Waals surface area (Å²) in [5, 5.41) is 9.03. The summed E-state index contributed by atoms with van der Waals surface area (Å²) in [6.45, 7) is 0. The SMILES string of the molecule is Oc1ccccc1CCl. The molecular weight excluding hydrogens is 136 g/mol. The number of hydrogen-bond donors (Lipinski definition) is 1. The first-order valence-electron chi connectivity index (χ1n) is 2.67. The summed E-state index contributed by atoms with van der Waals surface area (Å²) in [6, 6.07) is 7.03. The van der Waals surface area contributed by atoms with Crippen molar-refractivity contribution in [1.29, 1.82) is 0 Å². The molecule has 0 spiro atoms. The molecule has 0 aliphatic heterocycles. The molecule has 0 aliphatic carbocycles. The van der Waals surface area contributed by atoms with E-state index in [4.69, 9.17) is 16.7 Å². The molecule has 2 heteroatoms. The van der Waals surface area contributed by atoms with Gasteiger partial charge in [0.25, 0.3) is 0 Å². The first-order chi connectivity index (χ1) is 4.34. The largest absolute Gasteiger partial charge is 0.508 e. The molecule has 0 saturated carbocycles. The number of rotatable bonds is 1. The highest BCUT2D eigenvalue weighted by atomic mass is 35.5. The van der Waals surface area contributed by atoms with E-state index < -0.39 is 0 Å². The number of alkyl halides is 1. The lowest BCUT2D eigenvalue weighted by atomic mass is 10.2. The van der Waals surface area contributed by atoms with Gasteiger partial charge in [0.05, 0.1) is 5.88 Å². The number of halogens is 1. The molecule has 0 radical (unpaired) electrons. The van der Waals surface area contributed by atoms with E-state index in [1.54, 1.807) is 18.2 Å². The van der Waals surface area contributed by atoms with Gasteiger partial charge in [-0.05, 0) is 6.07 Å². The highest BCUT2D eigenvalue weighted by Gasteiger charge is 1.93. The van der Waals surface area contributed by atoms with Gasteiger partial charge in [0.15, 0.2) is 0 Å². The molecule has 0 aliphatic rings. The van der Waals surface area contributed by atoms with Gasteiger partial charge in [-0.1, -0.05) is 18.2 Å². The maximum absolute atomic E-state index is 9.03. The van der Waals surface area contributed by atoms with Crippen molar-refractivity contribution in [3.8, 4) is 5.75 Å². The minimum Gasteiger partial charge on any atom is -0.508 e. The van der Waals surface area contributed by atoms with Gasteiger partial charge >= 0.3 is 0 Å². The first-order valence-corrected chi connectivity index (χ1v) is 3.21. The van der Waals surface area contributed by atoms with Crippen molar-refractivity contribution in [2.45, 2.75) is 5.88 Å². The second kappa shape index (κ2) is 2.74.